The molecule has 15 rings (SSSR count). The van der Waals surface area contributed by atoms with Gasteiger partial charge in [0.05, 0.1) is 4.90 Å². The number of H-pyrrole nitrogens is 1. The van der Waals surface area contributed by atoms with Crippen molar-refractivity contribution in [3.63, 3.8) is 0 Å². The second-order valence-electron chi connectivity index (χ2n) is 22.4. The third-order valence-electron chi connectivity index (χ3n) is 17.9. The first kappa shape index (κ1) is 46.3. The average molecular weight is 952 g/mol. The molecule has 0 atom stereocenters. The Balaban J connectivity index is 0.000000121. The van der Waals surface area contributed by atoms with E-state index in [9.17, 15) is 18.0 Å². The van der Waals surface area contributed by atoms with Crippen LogP contribution in [0.25, 0.3) is 0 Å². The van der Waals surface area contributed by atoms with Crippen LogP contribution in [0.5, 0.6) is 0 Å². The number of hydrogen-bond acceptors (Lipinski definition) is 14. The predicted octanol–water partition coefficient (Wildman–Crippen LogP) is 6.61. The number of aromatic nitrogens is 4. The number of nitrogens with one attached hydrogen (secondary N) is 3. The van der Waals surface area contributed by atoms with E-state index in [1.807, 2.05) is 11.8 Å². The number of carbonyl (C=O) groups excluding carboxylic acids is 2. The van der Waals surface area contributed by atoms with Gasteiger partial charge in [0.15, 0.2) is 0 Å². The number of hydrogen-bond donors (Lipinski definition) is 4. The molecule has 1 aromatic heterocycles. The summed E-state index contributed by atoms with van der Waals surface area (Å²) in [6, 6.07) is 5.99. The summed E-state index contributed by atoms with van der Waals surface area (Å²) >= 11 is 0. The van der Waals surface area contributed by atoms with E-state index >= 15 is 0 Å². The number of rotatable bonds is 6. The van der Waals surface area contributed by atoms with Gasteiger partial charge in [0, 0.05) is 88.4 Å². The first-order valence-corrected chi connectivity index (χ1v) is 26.9. The van der Waals surface area contributed by atoms with E-state index in [-0.39, 0.29) is 16.8 Å². The van der Waals surface area contributed by atoms with Crippen LogP contribution in [0.2, 0.25) is 0 Å². The van der Waals surface area contributed by atoms with E-state index in [1.165, 1.54) is 76.3 Å². The summed E-state index contributed by atoms with van der Waals surface area (Å²) in [7, 11) is -4.02. The molecule has 4 heterocycles. The van der Waals surface area contributed by atoms with Gasteiger partial charge in [-0.25, -0.2) is 0 Å². The summed E-state index contributed by atoms with van der Waals surface area (Å²) in [5.41, 5.74) is 0.956. The molecular formula is C48H69N7O11S. The number of aryl methyl sites for hydroxylation is 1. The Hall–Kier alpha value is -3.14. The number of ether oxygens (including phenoxy) is 2. The van der Waals surface area contributed by atoms with Crippen LogP contribution in [0.3, 0.4) is 0 Å². The topological polar surface area (TPSA) is 226 Å². The van der Waals surface area contributed by atoms with Crippen molar-refractivity contribution >= 4 is 27.9 Å². The SMILES string of the molecule is Cc1ccc(S(=O)(=O)O)cc1.O=C(CC1CCC2(CC1)OOC1(O2)C2CC3CC(C2)CC1C3)N1CCNCC1.O=C(CC1CCC2(CC1)OOC1(O2)C2CC3CC(C2)CC1C3)Nc1nn[nH]n1. The Bertz CT molecular complexity index is 2130. The maximum absolute atomic E-state index is 12.6. The maximum atomic E-state index is 12.6. The van der Waals surface area contributed by atoms with Gasteiger partial charge in [0.2, 0.25) is 35.0 Å². The van der Waals surface area contributed by atoms with Crippen molar-refractivity contribution in [3.05, 3.63) is 29.8 Å². The number of benzene rings is 1. The van der Waals surface area contributed by atoms with Crippen molar-refractivity contribution in [2.75, 3.05) is 31.5 Å². The number of piperazine rings is 1. The summed E-state index contributed by atoms with van der Waals surface area (Å²) in [5, 5.41) is 19.3. The Morgan fingerprint density at radius 2 is 1.16 bits per heavy atom. The van der Waals surface area contributed by atoms with Gasteiger partial charge in [0.1, 0.15) is 0 Å². The Labute approximate surface area is 393 Å². The molecule has 2 amide bonds. The number of tetrazole rings is 1. The number of amides is 2. The minimum atomic E-state index is -4.02. The van der Waals surface area contributed by atoms with E-state index in [1.54, 1.807) is 12.1 Å². The molecule has 0 radical (unpaired) electrons. The van der Waals surface area contributed by atoms with E-state index < -0.39 is 33.3 Å². The molecule has 67 heavy (non-hydrogen) atoms. The molecule has 10 aliphatic carbocycles. The van der Waals surface area contributed by atoms with Gasteiger partial charge in [0.25, 0.3) is 16.1 Å². The van der Waals surface area contributed by atoms with Crippen LogP contribution in [0, 0.1) is 66.1 Å². The number of carbonyl (C=O) groups is 2. The van der Waals surface area contributed by atoms with Crippen LogP contribution in [0.15, 0.2) is 29.2 Å². The molecule has 13 fully saturated rings. The molecule has 8 bridgehead atoms. The summed E-state index contributed by atoms with van der Waals surface area (Å²) in [6.45, 7) is 5.38. The molecule has 1 aromatic carbocycles. The summed E-state index contributed by atoms with van der Waals surface area (Å²) < 4.78 is 43.0. The highest BCUT2D eigenvalue weighted by Crippen LogP contribution is 2.65. The monoisotopic (exact) mass is 951 g/mol. The molecule has 4 N–H and O–H groups in total. The lowest BCUT2D eigenvalue weighted by molar-refractivity contribution is -0.390. The molecular weight excluding hydrogens is 883 g/mol. The molecule has 0 unspecified atom stereocenters. The zero-order valence-corrected chi connectivity index (χ0v) is 39.6. The van der Waals surface area contributed by atoms with Crippen molar-refractivity contribution in [1.82, 2.24) is 30.8 Å². The third kappa shape index (κ3) is 9.34. The molecule has 3 aliphatic heterocycles. The van der Waals surface area contributed by atoms with E-state index in [0.29, 0.717) is 54.3 Å². The van der Waals surface area contributed by atoms with E-state index in [4.69, 9.17) is 33.6 Å². The molecule has 3 saturated heterocycles. The van der Waals surface area contributed by atoms with Crippen molar-refractivity contribution in [2.45, 2.75) is 163 Å². The normalized spacial score (nSPS) is 42.2. The Kier molecular flexibility index (Phi) is 12.6. The first-order chi connectivity index (χ1) is 32.3. The molecule has 19 heteroatoms. The summed E-state index contributed by atoms with van der Waals surface area (Å²) in [5.74, 6) is 4.63. The smallest absolute Gasteiger partial charge is 0.294 e. The fourth-order valence-electron chi connectivity index (χ4n) is 14.9. The summed E-state index contributed by atoms with van der Waals surface area (Å²) in [4.78, 5) is 50.9. The third-order valence-corrected chi connectivity index (χ3v) is 18.8. The van der Waals surface area contributed by atoms with Crippen molar-refractivity contribution in [1.29, 1.82) is 0 Å². The Morgan fingerprint density at radius 1 is 0.701 bits per heavy atom. The van der Waals surface area contributed by atoms with E-state index in [2.05, 4.69) is 31.3 Å². The van der Waals surface area contributed by atoms with Crippen molar-refractivity contribution < 1.29 is 51.6 Å². The minimum Gasteiger partial charge on any atom is -0.340 e. The fraction of sp³-hybridized carbons (Fsp3) is 0.812. The minimum absolute atomic E-state index is 0.0666. The van der Waals surface area contributed by atoms with Crippen LogP contribution in [-0.4, -0.2) is 99.6 Å². The lowest BCUT2D eigenvalue weighted by Crippen LogP contribution is -2.59. The van der Waals surface area contributed by atoms with Gasteiger partial charge in [-0.3, -0.25) is 19.5 Å². The standard InChI is InChI=1S/C22H34N2O4.C19H27N5O4.C7H8O3S/c25-20(24-7-5-23-6-8-24)14-15-1-3-21(4-2-15)26-22(28-27-21)18-10-16-9-17(12-18)13-19(22)11-16;25-16(20-17-21-23-24-22-17)10-11-1-3-18(4-2-11)26-19(28-27-18)14-6-12-5-13(8-14)9-15(19)7-12;1-6-2-4-7(5-3-6)11(8,9)10/h15-19,23H,1-14H2;11-15H,1-10H2,(H2,20,21,22,23,24,25);2-5H,1H3,(H,8,9,10). The van der Waals surface area contributed by atoms with Crippen LogP contribution >= 0.6 is 0 Å². The maximum Gasteiger partial charge on any atom is 0.294 e. The van der Waals surface area contributed by atoms with Gasteiger partial charge < -0.3 is 19.7 Å². The Morgan fingerprint density at radius 3 is 1.60 bits per heavy atom. The second-order valence-corrected chi connectivity index (χ2v) is 23.8. The van der Waals surface area contributed by atoms with Gasteiger partial charge in [-0.05, 0) is 150 Å². The van der Waals surface area contributed by atoms with Gasteiger partial charge in [-0.2, -0.15) is 33.2 Å². The van der Waals surface area contributed by atoms with Gasteiger partial charge in [-0.15, -0.1) is 5.10 Å². The van der Waals surface area contributed by atoms with Crippen molar-refractivity contribution in [3.8, 4) is 0 Å². The molecule has 368 valence electrons. The number of nitrogens with zero attached hydrogens (tertiary/aromatic N) is 4. The fourth-order valence-corrected chi connectivity index (χ4v) is 15.4. The highest BCUT2D eigenvalue weighted by molar-refractivity contribution is 7.85. The molecule has 18 nitrogen and oxygen atoms in total. The van der Waals surface area contributed by atoms with Crippen LogP contribution in [0.1, 0.15) is 134 Å². The predicted molar refractivity (Wildman–Crippen MR) is 238 cm³/mol. The summed E-state index contributed by atoms with van der Waals surface area (Å²) in [6.07, 6.45) is 21.0. The van der Waals surface area contributed by atoms with E-state index in [0.717, 1.165) is 107 Å². The highest BCUT2D eigenvalue weighted by Gasteiger charge is 2.68. The zero-order chi connectivity index (χ0) is 46.0. The molecule has 13 aliphatic rings. The zero-order valence-electron chi connectivity index (χ0n) is 38.8. The number of anilines is 1. The highest BCUT2D eigenvalue weighted by atomic mass is 32.2. The molecule has 4 spiro atoms. The quantitative estimate of drug-likeness (QED) is 0.177. The van der Waals surface area contributed by atoms with Crippen LogP contribution in [0.4, 0.5) is 5.95 Å². The van der Waals surface area contributed by atoms with Crippen molar-refractivity contribution in [2.24, 2.45) is 59.2 Å². The lowest BCUT2D eigenvalue weighted by Gasteiger charge is -2.57. The second kappa shape index (κ2) is 18.2. The van der Waals surface area contributed by atoms with Gasteiger partial charge in [-0.1, -0.05) is 22.8 Å². The first-order valence-electron chi connectivity index (χ1n) is 25.5. The number of aromatic amines is 1. The van der Waals surface area contributed by atoms with Crippen LogP contribution < -0.4 is 10.6 Å². The average Bonchev–Trinajstić information content (AvgIpc) is 4.06. The molecule has 10 saturated carbocycles. The van der Waals surface area contributed by atoms with Crippen LogP contribution in [-0.2, 0) is 48.7 Å². The largest absolute Gasteiger partial charge is 0.340 e. The lowest BCUT2D eigenvalue weighted by atomic mass is 9.53. The van der Waals surface area contributed by atoms with Gasteiger partial charge >= 0.3 is 0 Å². The molecule has 2 aromatic rings.